The number of benzene rings is 1. The van der Waals surface area contributed by atoms with Crippen LogP contribution in [0.2, 0.25) is 0 Å². The quantitative estimate of drug-likeness (QED) is 0.725. The highest BCUT2D eigenvalue weighted by molar-refractivity contribution is 5.75. The molecule has 0 fully saturated rings. The minimum Gasteiger partial charge on any atom is -0.494 e. The zero-order chi connectivity index (χ0) is 14.1. The maximum Gasteiger partial charge on any atom is 0.326 e. The van der Waals surface area contributed by atoms with Gasteiger partial charge >= 0.3 is 5.97 Å². The van der Waals surface area contributed by atoms with Crippen LogP contribution in [0.1, 0.15) is 13.8 Å². The number of likely N-dealkylation sites (N-methyl/N-ethyl adjacent to an activating group) is 1. The summed E-state index contributed by atoms with van der Waals surface area (Å²) in [6.07, 6.45) is 0. The van der Waals surface area contributed by atoms with Crippen molar-refractivity contribution in [2.45, 2.75) is 19.9 Å². The molecule has 0 spiro atoms. The van der Waals surface area contributed by atoms with Crippen LogP contribution in [0.3, 0.4) is 0 Å². The van der Waals surface area contributed by atoms with E-state index < -0.39 is 6.04 Å². The summed E-state index contributed by atoms with van der Waals surface area (Å²) in [5.41, 5.74) is 0. The third-order valence-electron chi connectivity index (χ3n) is 2.47. The van der Waals surface area contributed by atoms with E-state index in [1.54, 1.807) is 14.0 Å². The lowest BCUT2D eigenvalue weighted by molar-refractivity contribution is -0.146. The average Bonchev–Trinajstić information content (AvgIpc) is 2.42. The van der Waals surface area contributed by atoms with Crippen LogP contribution in [0.5, 0.6) is 11.5 Å². The number of hydrogen-bond acceptors (Lipinski definition) is 5. The molecule has 0 saturated heterocycles. The molecule has 0 bridgehead atoms. The van der Waals surface area contributed by atoms with E-state index in [1.807, 2.05) is 31.2 Å². The van der Waals surface area contributed by atoms with Crippen LogP contribution in [0, 0.1) is 0 Å². The molecular weight excluding hydrogens is 246 g/mol. The van der Waals surface area contributed by atoms with E-state index in [1.165, 1.54) is 0 Å². The second-order valence-corrected chi connectivity index (χ2v) is 3.81. The second kappa shape index (κ2) is 8.37. The van der Waals surface area contributed by atoms with Gasteiger partial charge in [0.05, 0.1) is 13.2 Å². The Kier molecular flexibility index (Phi) is 6.74. The molecule has 106 valence electrons. The maximum absolute atomic E-state index is 11.6. The van der Waals surface area contributed by atoms with Crippen LogP contribution >= 0.6 is 0 Å². The molecule has 0 saturated carbocycles. The Bertz CT molecular complexity index is 378. The monoisotopic (exact) mass is 267 g/mol. The molecule has 1 rings (SSSR count). The van der Waals surface area contributed by atoms with Crippen molar-refractivity contribution < 1.29 is 19.0 Å². The molecule has 0 heterocycles. The molecule has 0 amide bonds. The van der Waals surface area contributed by atoms with E-state index in [9.17, 15) is 4.79 Å². The molecule has 1 atom stereocenters. The standard InChI is InChI=1S/C14H21NO4/c1-4-17-11-6-8-12(9-7-11)19-10-13(15-3)14(16)18-5-2/h6-9,13,15H,4-5,10H2,1-3H3. The molecular formula is C14H21NO4. The van der Waals surface area contributed by atoms with E-state index in [-0.39, 0.29) is 12.6 Å². The highest BCUT2D eigenvalue weighted by Gasteiger charge is 2.18. The second-order valence-electron chi connectivity index (χ2n) is 3.81. The van der Waals surface area contributed by atoms with Gasteiger partial charge in [-0.15, -0.1) is 0 Å². The van der Waals surface area contributed by atoms with Gasteiger partial charge in [-0.2, -0.15) is 0 Å². The van der Waals surface area contributed by atoms with Gasteiger partial charge in [0.15, 0.2) is 0 Å². The Morgan fingerprint density at radius 1 is 1.11 bits per heavy atom. The predicted octanol–water partition coefficient (Wildman–Crippen LogP) is 1.62. The Morgan fingerprint density at radius 2 is 1.68 bits per heavy atom. The Hall–Kier alpha value is -1.75. The number of nitrogens with one attached hydrogen (secondary N) is 1. The third-order valence-corrected chi connectivity index (χ3v) is 2.47. The first-order valence-corrected chi connectivity index (χ1v) is 6.40. The van der Waals surface area contributed by atoms with Gasteiger partial charge in [0.25, 0.3) is 0 Å². The average molecular weight is 267 g/mol. The topological polar surface area (TPSA) is 56.8 Å². The summed E-state index contributed by atoms with van der Waals surface area (Å²) in [5.74, 6) is 1.18. The van der Waals surface area contributed by atoms with Crippen molar-refractivity contribution in [3.63, 3.8) is 0 Å². The number of ether oxygens (including phenoxy) is 3. The SMILES string of the molecule is CCOC(=O)C(COc1ccc(OCC)cc1)NC. The van der Waals surface area contributed by atoms with Gasteiger partial charge in [-0.25, -0.2) is 0 Å². The molecule has 1 N–H and O–H groups in total. The van der Waals surface area contributed by atoms with Crippen LogP contribution in [-0.2, 0) is 9.53 Å². The van der Waals surface area contributed by atoms with E-state index in [2.05, 4.69) is 5.32 Å². The Balaban J connectivity index is 2.47. The maximum atomic E-state index is 11.6. The minimum absolute atomic E-state index is 0.226. The van der Waals surface area contributed by atoms with Gasteiger partial charge in [0.2, 0.25) is 0 Å². The third kappa shape index (κ3) is 5.18. The van der Waals surface area contributed by atoms with Crippen molar-refractivity contribution in [2.24, 2.45) is 0 Å². The zero-order valence-corrected chi connectivity index (χ0v) is 11.6. The van der Waals surface area contributed by atoms with E-state index >= 15 is 0 Å². The van der Waals surface area contributed by atoms with Crippen molar-refractivity contribution in [3.05, 3.63) is 24.3 Å². The molecule has 5 nitrogen and oxygen atoms in total. The van der Waals surface area contributed by atoms with Gasteiger partial charge in [-0.3, -0.25) is 4.79 Å². The predicted molar refractivity (Wildman–Crippen MR) is 72.6 cm³/mol. The summed E-state index contributed by atoms with van der Waals surface area (Å²) in [6, 6.07) is 6.81. The van der Waals surface area contributed by atoms with Crippen LogP contribution in [0.4, 0.5) is 0 Å². The lowest BCUT2D eigenvalue weighted by atomic mass is 10.3. The summed E-state index contributed by atoms with van der Waals surface area (Å²) < 4.78 is 15.8. The first kappa shape index (κ1) is 15.3. The first-order chi connectivity index (χ1) is 9.21. The normalized spacial score (nSPS) is 11.7. The van der Waals surface area contributed by atoms with Gasteiger partial charge in [0, 0.05) is 0 Å². The molecule has 19 heavy (non-hydrogen) atoms. The highest BCUT2D eigenvalue weighted by Crippen LogP contribution is 2.17. The van der Waals surface area contributed by atoms with Gasteiger partial charge < -0.3 is 19.5 Å². The van der Waals surface area contributed by atoms with E-state index in [4.69, 9.17) is 14.2 Å². The van der Waals surface area contributed by atoms with Crippen molar-refractivity contribution >= 4 is 5.97 Å². The Labute approximate surface area is 113 Å². The minimum atomic E-state index is -0.466. The van der Waals surface area contributed by atoms with Crippen LogP contribution in [-0.4, -0.2) is 38.9 Å². The molecule has 0 aliphatic carbocycles. The first-order valence-electron chi connectivity index (χ1n) is 6.40. The van der Waals surface area contributed by atoms with E-state index in [0.717, 1.165) is 5.75 Å². The fraction of sp³-hybridized carbons (Fsp3) is 0.500. The van der Waals surface area contributed by atoms with Crippen molar-refractivity contribution in [3.8, 4) is 11.5 Å². The summed E-state index contributed by atoms with van der Waals surface area (Å²) in [7, 11) is 1.70. The molecule has 0 aromatic heterocycles. The van der Waals surface area contributed by atoms with Crippen molar-refractivity contribution in [1.29, 1.82) is 0 Å². The van der Waals surface area contributed by atoms with E-state index in [0.29, 0.717) is 19.0 Å². The smallest absolute Gasteiger partial charge is 0.326 e. The number of carbonyl (C=O) groups is 1. The number of carbonyl (C=O) groups excluding carboxylic acids is 1. The van der Waals surface area contributed by atoms with Gasteiger partial charge in [-0.1, -0.05) is 0 Å². The summed E-state index contributed by atoms with van der Waals surface area (Å²) >= 11 is 0. The molecule has 0 aliphatic heterocycles. The highest BCUT2D eigenvalue weighted by atomic mass is 16.5. The zero-order valence-electron chi connectivity index (χ0n) is 11.6. The molecule has 1 unspecified atom stereocenters. The van der Waals surface area contributed by atoms with Crippen LogP contribution in [0.15, 0.2) is 24.3 Å². The number of esters is 1. The van der Waals surface area contributed by atoms with Crippen LogP contribution < -0.4 is 14.8 Å². The van der Waals surface area contributed by atoms with Gasteiger partial charge in [-0.05, 0) is 45.2 Å². The molecule has 1 aromatic rings. The summed E-state index contributed by atoms with van der Waals surface area (Å²) in [4.78, 5) is 11.6. The fourth-order valence-corrected chi connectivity index (χ4v) is 1.49. The lowest BCUT2D eigenvalue weighted by Crippen LogP contribution is -2.40. The molecule has 5 heteroatoms. The number of rotatable bonds is 8. The van der Waals surface area contributed by atoms with Crippen molar-refractivity contribution in [1.82, 2.24) is 5.32 Å². The molecule has 0 radical (unpaired) electrons. The fourth-order valence-electron chi connectivity index (χ4n) is 1.49. The largest absolute Gasteiger partial charge is 0.494 e. The molecule has 0 aliphatic rings. The van der Waals surface area contributed by atoms with Crippen molar-refractivity contribution in [2.75, 3.05) is 26.9 Å². The number of hydrogen-bond donors (Lipinski definition) is 1. The van der Waals surface area contributed by atoms with Gasteiger partial charge in [0.1, 0.15) is 24.1 Å². The van der Waals surface area contributed by atoms with Crippen LogP contribution in [0.25, 0.3) is 0 Å². The Morgan fingerprint density at radius 3 is 2.16 bits per heavy atom. The molecule has 1 aromatic carbocycles. The summed E-state index contributed by atoms with van der Waals surface area (Å²) in [6.45, 7) is 4.92. The summed E-state index contributed by atoms with van der Waals surface area (Å²) in [5, 5.41) is 2.86. The lowest BCUT2D eigenvalue weighted by Gasteiger charge is -2.15.